The van der Waals surface area contributed by atoms with Crippen LogP contribution in [-0.4, -0.2) is 26.3 Å². The van der Waals surface area contributed by atoms with E-state index in [9.17, 15) is 0 Å². The summed E-state index contributed by atoms with van der Waals surface area (Å²) in [5, 5.41) is 3.33. The number of ether oxygens (including phenoxy) is 1. The second-order valence-corrected chi connectivity index (χ2v) is 4.07. The third-order valence-corrected chi connectivity index (χ3v) is 1.81. The minimum Gasteiger partial charge on any atom is -0.381 e. The van der Waals surface area contributed by atoms with Crippen molar-refractivity contribution in [1.29, 1.82) is 0 Å². The molecular formula is C11H23NO. The van der Waals surface area contributed by atoms with Gasteiger partial charge in [0.2, 0.25) is 0 Å². The van der Waals surface area contributed by atoms with Crippen LogP contribution in [0.25, 0.3) is 0 Å². The number of nitrogens with one attached hydrogen (secondary N) is 1. The lowest BCUT2D eigenvalue weighted by Gasteiger charge is -2.24. The van der Waals surface area contributed by atoms with E-state index in [0.29, 0.717) is 0 Å². The Bertz CT molecular complexity index is 132. The van der Waals surface area contributed by atoms with E-state index < -0.39 is 0 Å². The van der Waals surface area contributed by atoms with E-state index >= 15 is 0 Å². The highest BCUT2D eigenvalue weighted by Gasteiger charge is 2.16. The van der Waals surface area contributed by atoms with Crippen LogP contribution in [0.1, 0.15) is 27.2 Å². The quantitative estimate of drug-likeness (QED) is 0.462. The van der Waals surface area contributed by atoms with Gasteiger partial charge in [0, 0.05) is 12.0 Å². The van der Waals surface area contributed by atoms with Gasteiger partial charge in [-0.25, -0.2) is 0 Å². The van der Waals surface area contributed by atoms with Crippen molar-refractivity contribution in [2.45, 2.75) is 27.2 Å². The summed E-state index contributed by atoms with van der Waals surface area (Å²) in [5.41, 5.74) is 0.233. The molecule has 0 aliphatic carbocycles. The van der Waals surface area contributed by atoms with Crippen molar-refractivity contribution in [3.63, 3.8) is 0 Å². The second kappa shape index (κ2) is 7.10. The molecule has 0 aromatic rings. The fourth-order valence-electron chi connectivity index (χ4n) is 1.03. The summed E-state index contributed by atoms with van der Waals surface area (Å²) in [5.74, 6) is 0. The molecule has 0 amide bonds. The smallest absolute Gasteiger partial charge is 0.0529 e. The fraction of sp³-hybridized carbons (Fsp3) is 0.818. The van der Waals surface area contributed by atoms with Gasteiger partial charge in [0.15, 0.2) is 0 Å². The van der Waals surface area contributed by atoms with Crippen LogP contribution in [-0.2, 0) is 4.74 Å². The van der Waals surface area contributed by atoms with Crippen LogP contribution in [0.2, 0.25) is 0 Å². The van der Waals surface area contributed by atoms with Gasteiger partial charge in [-0.1, -0.05) is 26.8 Å². The van der Waals surface area contributed by atoms with Gasteiger partial charge in [0.1, 0.15) is 0 Å². The Morgan fingerprint density at radius 3 is 2.69 bits per heavy atom. The van der Waals surface area contributed by atoms with E-state index in [2.05, 4.69) is 32.7 Å². The molecule has 13 heavy (non-hydrogen) atoms. The molecule has 0 aliphatic rings. The zero-order chi connectivity index (χ0) is 10.2. The number of hydrogen-bond donors (Lipinski definition) is 1. The molecular weight excluding hydrogens is 162 g/mol. The lowest BCUT2D eigenvalue weighted by atomic mass is 9.95. The van der Waals surface area contributed by atoms with Crippen molar-refractivity contribution < 1.29 is 4.74 Å². The first-order valence-electron chi connectivity index (χ1n) is 5.02. The summed E-state index contributed by atoms with van der Waals surface area (Å²) < 4.78 is 5.52. The molecule has 0 saturated heterocycles. The summed E-state index contributed by atoms with van der Waals surface area (Å²) in [6.45, 7) is 13.8. The molecule has 78 valence electrons. The predicted molar refractivity (Wildman–Crippen MR) is 58.0 cm³/mol. The maximum atomic E-state index is 5.52. The fourth-order valence-corrected chi connectivity index (χ4v) is 1.03. The average Bonchev–Trinajstić information content (AvgIpc) is 2.09. The van der Waals surface area contributed by atoms with E-state index in [1.807, 2.05) is 6.08 Å². The average molecular weight is 185 g/mol. The monoisotopic (exact) mass is 185 g/mol. The predicted octanol–water partition coefficient (Wildman–Crippen LogP) is 2.21. The Kier molecular flexibility index (Phi) is 6.92. The minimum atomic E-state index is 0.233. The van der Waals surface area contributed by atoms with Gasteiger partial charge in [-0.3, -0.25) is 0 Å². The Balaban J connectivity index is 3.44. The molecule has 1 N–H and O–H groups in total. The molecule has 0 saturated carbocycles. The molecule has 2 nitrogen and oxygen atoms in total. The highest BCUT2D eigenvalue weighted by atomic mass is 16.5. The molecule has 0 atom stereocenters. The van der Waals surface area contributed by atoms with Crippen LogP contribution in [0.5, 0.6) is 0 Å². The molecule has 0 heterocycles. The first kappa shape index (κ1) is 12.7. The van der Waals surface area contributed by atoms with Crippen molar-refractivity contribution in [2.24, 2.45) is 5.41 Å². The van der Waals surface area contributed by atoms with Crippen molar-refractivity contribution >= 4 is 0 Å². The van der Waals surface area contributed by atoms with Crippen molar-refractivity contribution in [3.8, 4) is 0 Å². The standard InChI is InChI=1S/C11H23NO/c1-5-7-8-13-10-11(3,4)9-12-6-2/h5,12H,1,6-10H2,2-4H3. The van der Waals surface area contributed by atoms with E-state index in [1.165, 1.54) is 0 Å². The zero-order valence-electron chi connectivity index (χ0n) is 9.23. The molecule has 0 bridgehead atoms. The lowest BCUT2D eigenvalue weighted by molar-refractivity contribution is 0.0653. The first-order chi connectivity index (χ1) is 6.12. The van der Waals surface area contributed by atoms with Crippen LogP contribution >= 0.6 is 0 Å². The molecule has 0 spiro atoms. The van der Waals surface area contributed by atoms with Crippen LogP contribution in [0, 0.1) is 5.41 Å². The third-order valence-electron chi connectivity index (χ3n) is 1.81. The molecule has 0 radical (unpaired) electrons. The second-order valence-electron chi connectivity index (χ2n) is 4.07. The third kappa shape index (κ3) is 8.00. The van der Waals surface area contributed by atoms with E-state index in [1.54, 1.807) is 0 Å². The van der Waals surface area contributed by atoms with Gasteiger partial charge in [-0.2, -0.15) is 0 Å². The highest BCUT2D eigenvalue weighted by Crippen LogP contribution is 2.13. The number of hydrogen-bond acceptors (Lipinski definition) is 2. The summed E-state index contributed by atoms with van der Waals surface area (Å²) in [6.07, 6.45) is 2.83. The molecule has 0 unspecified atom stereocenters. The summed E-state index contributed by atoms with van der Waals surface area (Å²) >= 11 is 0. The largest absolute Gasteiger partial charge is 0.381 e. The Labute approximate surface area is 82.4 Å². The normalized spacial score (nSPS) is 11.6. The van der Waals surface area contributed by atoms with Gasteiger partial charge in [-0.05, 0) is 13.0 Å². The van der Waals surface area contributed by atoms with Crippen LogP contribution < -0.4 is 5.32 Å². The van der Waals surface area contributed by atoms with E-state index in [4.69, 9.17) is 4.74 Å². The van der Waals surface area contributed by atoms with Crippen LogP contribution in [0.4, 0.5) is 0 Å². The summed E-state index contributed by atoms with van der Waals surface area (Å²) in [6, 6.07) is 0. The molecule has 0 rings (SSSR count). The van der Waals surface area contributed by atoms with Gasteiger partial charge in [-0.15, -0.1) is 6.58 Å². The molecule has 0 aromatic carbocycles. The SMILES string of the molecule is C=CCCOCC(C)(C)CNCC. The lowest BCUT2D eigenvalue weighted by Crippen LogP contribution is -2.33. The topological polar surface area (TPSA) is 21.3 Å². The Hall–Kier alpha value is -0.340. The first-order valence-corrected chi connectivity index (χ1v) is 5.02. The maximum Gasteiger partial charge on any atom is 0.0529 e. The molecule has 0 aliphatic heterocycles. The van der Waals surface area contributed by atoms with E-state index in [-0.39, 0.29) is 5.41 Å². The van der Waals surface area contributed by atoms with Crippen LogP contribution in [0.3, 0.4) is 0 Å². The summed E-state index contributed by atoms with van der Waals surface area (Å²) in [4.78, 5) is 0. The van der Waals surface area contributed by atoms with Gasteiger partial charge in [0.05, 0.1) is 13.2 Å². The Morgan fingerprint density at radius 2 is 2.15 bits per heavy atom. The Morgan fingerprint density at radius 1 is 1.46 bits per heavy atom. The number of rotatable bonds is 8. The summed E-state index contributed by atoms with van der Waals surface area (Å²) in [7, 11) is 0. The van der Waals surface area contributed by atoms with Crippen molar-refractivity contribution in [1.82, 2.24) is 5.32 Å². The van der Waals surface area contributed by atoms with Gasteiger partial charge < -0.3 is 10.1 Å². The zero-order valence-corrected chi connectivity index (χ0v) is 9.23. The van der Waals surface area contributed by atoms with Crippen LogP contribution in [0.15, 0.2) is 12.7 Å². The molecule has 2 heteroatoms. The minimum absolute atomic E-state index is 0.233. The molecule has 0 aromatic heterocycles. The van der Waals surface area contributed by atoms with E-state index in [0.717, 1.165) is 32.7 Å². The van der Waals surface area contributed by atoms with Gasteiger partial charge >= 0.3 is 0 Å². The molecule has 0 fully saturated rings. The highest BCUT2D eigenvalue weighted by molar-refractivity contribution is 4.71. The maximum absolute atomic E-state index is 5.52. The van der Waals surface area contributed by atoms with Gasteiger partial charge in [0.25, 0.3) is 0 Å². The van der Waals surface area contributed by atoms with Crippen molar-refractivity contribution in [2.75, 3.05) is 26.3 Å². The van der Waals surface area contributed by atoms with Crippen molar-refractivity contribution in [3.05, 3.63) is 12.7 Å².